The Labute approximate surface area is 181 Å². The van der Waals surface area contributed by atoms with Crippen LogP contribution in [0.5, 0.6) is 23.0 Å². The number of carbonyl (C=O) groups is 2. The molecule has 0 unspecified atom stereocenters. The third-order valence-electron chi connectivity index (χ3n) is 4.39. The molecule has 0 saturated carbocycles. The van der Waals surface area contributed by atoms with Crippen molar-refractivity contribution >= 4 is 17.4 Å². The molecule has 3 aromatic rings. The van der Waals surface area contributed by atoms with Gasteiger partial charge in [-0.3, -0.25) is 9.59 Å². The highest BCUT2D eigenvalue weighted by molar-refractivity contribution is 5.96. The van der Waals surface area contributed by atoms with Gasteiger partial charge in [0.15, 0.2) is 18.1 Å². The van der Waals surface area contributed by atoms with Crippen LogP contribution in [0.25, 0.3) is 0 Å². The van der Waals surface area contributed by atoms with Crippen LogP contribution in [0.2, 0.25) is 0 Å². The molecule has 0 bridgehead atoms. The third kappa shape index (κ3) is 6.34. The lowest BCUT2D eigenvalue weighted by molar-refractivity contribution is -0.118. The lowest BCUT2D eigenvalue weighted by atomic mass is 10.1. The molecule has 0 spiro atoms. The van der Waals surface area contributed by atoms with Crippen LogP contribution in [0, 0.1) is 0 Å². The summed E-state index contributed by atoms with van der Waals surface area (Å²) in [5.74, 6) is 2.16. The van der Waals surface area contributed by atoms with Crippen molar-refractivity contribution in [1.29, 1.82) is 0 Å². The maximum Gasteiger partial charge on any atom is 0.262 e. The number of ketones is 1. The number of amides is 1. The van der Waals surface area contributed by atoms with Gasteiger partial charge in [-0.2, -0.15) is 0 Å². The molecule has 0 aromatic heterocycles. The van der Waals surface area contributed by atoms with Crippen molar-refractivity contribution in [3.05, 3.63) is 78.4 Å². The average molecular weight is 419 g/mol. The third-order valence-corrected chi connectivity index (χ3v) is 4.39. The Kier molecular flexibility index (Phi) is 7.65. The van der Waals surface area contributed by atoms with Gasteiger partial charge in [-0.05, 0) is 67.6 Å². The van der Waals surface area contributed by atoms with Crippen molar-refractivity contribution in [2.45, 2.75) is 20.3 Å². The summed E-state index contributed by atoms with van der Waals surface area (Å²) in [6.45, 7) is 4.17. The number of hydrogen-bond acceptors (Lipinski definition) is 5. The summed E-state index contributed by atoms with van der Waals surface area (Å²) in [6, 6.07) is 21.2. The summed E-state index contributed by atoms with van der Waals surface area (Å²) >= 11 is 0. The Balaban J connectivity index is 1.58. The Hall–Kier alpha value is -3.80. The van der Waals surface area contributed by atoms with Crippen molar-refractivity contribution in [1.82, 2.24) is 0 Å². The van der Waals surface area contributed by atoms with Gasteiger partial charge in [0.25, 0.3) is 5.91 Å². The highest BCUT2D eigenvalue weighted by Gasteiger charge is 2.10. The fraction of sp³-hybridized carbons (Fsp3) is 0.200. The number of hydrogen-bond donors (Lipinski definition) is 1. The van der Waals surface area contributed by atoms with E-state index in [0.29, 0.717) is 41.5 Å². The minimum atomic E-state index is -0.323. The Morgan fingerprint density at radius 3 is 2.06 bits per heavy atom. The molecule has 6 nitrogen and oxygen atoms in total. The van der Waals surface area contributed by atoms with Gasteiger partial charge in [-0.15, -0.1) is 0 Å². The molecule has 160 valence electrons. The average Bonchev–Trinajstić information content (AvgIpc) is 2.80. The van der Waals surface area contributed by atoms with Gasteiger partial charge in [0.1, 0.15) is 17.2 Å². The van der Waals surface area contributed by atoms with Crippen molar-refractivity contribution in [2.24, 2.45) is 0 Å². The molecule has 1 amide bonds. The summed E-state index contributed by atoms with van der Waals surface area (Å²) in [7, 11) is 0. The molecule has 0 atom stereocenters. The molecule has 0 aliphatic carbocycles. The fourth-order valence-electron chi connectivity index (χ4n) is 2.83. The molecule has 3 aromatic carbocycles. The summed E-state index contributed by atoms with van der Waals surface area (Å²) in [6.07, 6.45) is 0.445. The molecule has 0 aliphatic heterocycles. The lowest BCUT2D eigenvalue weighted by Crippen LogP contribution is -2.20. The number of benzene rings is 3. The van der Waals surface area contributed by atoms with Crippen molar-refractivity contribution in [3.8, 4) is 23.0 Å². The first-order valence-electron chi connectivity index (χ1n) is 10.1. The second-order valence-corrected chi connectivity index (χ2v) is 6.64. The normalized spacial score (nSPS) is 10.3. The molecule has 0 radical (unpaired) electrons. The second kappa shape index (κ2) is 10.8. The van der Waals surface area contributed by atoms with Crippen LogP contribution >= 0.6 is 0 Å². The zero-order valence-corrected chi connectivity index (χ0v) is 17.6. The van der Waals surface area contributed by atoms with Crippen LogP contribution in [-0.4, -0.2) is 24.9 Å². The summed E-state index contributed by atoms with van der Waals surface area (Å²) in [5, 5.41) is 2.80. The second-order valence-electron chi connectivity index (χ2n) is 6.64. The van der Waals surface area contributed by atoms with Gasteiger partial charge in [0.2, 0.25) is 0 Å². The Morgan fingerprint density at radius 2 is 1.39 bits per heavy atom. The number of carbonyl (C=O) groups excluding carboxylic acids is 2. The summed E-state index contributed by atoms with van der Waals surface area (Å²) < 4.78 is 16.9. The molecule has 1 N–H and O–H groups in total. The van der Waals surface area contributed by atoms with E-state index < -0.39 is 0 Å². The molecule has 0 fully saturated rings. The monoisotopic (exact) mass is 419 g/mol. The number of anilines is 1. The van der Waals surface area contributed by atoms with Crippen molar-refractivity contribution in [2.75, 3.05) is 18.5 Å². The standard InChI is InChI=1S/C25H25NO5/c1-3-23(27)18-9-11-20(12-10-18)30-17-25(28)26-22-7-5-6-8-24(22)31-21-15-13-19(14-16-21)29-4-2/h5-16H,3-4,17H2,1-2H3,(H,26,28). The maximum absolute atomic E-state index is 12.4. The number of nitrogens with one attached hydrogen (secondary N) is 1. The zero-order chi connectivity index (χ0) is 22.1. The van der Waals surface area contributed by atoms with E-state index in [2.05, 4.69) is 5.32 Å². The van der Waals surface area contributed by atoms with Gasteiger partial charge in [0, 0.05) is 12.0 Å². The molecule has 3 rings (SSSR count). The van der Waals surface area contributed by atoms with E-state index in [1.165, 1.54) is 0 Å². The summed E-state index contributed by atoms with van der Waals surface area (Å²) in [5.41, 5.74) is 1.16. The number of ether oxygens (including phenoxy) is 3. The van der Waals surface area contributed by atoms with E-state index in [9.17, 15) is 9.59 Å². The van der Waals surface area contributed by atoms with Gasteiger partial charge in [-0.25, -0.2) is 0 Å². The molecule has 31 heavy (non-hydrogen) atoms. The van der Waals surface area contributed by atoms with E-state index in [1.807, 2.05) is 38.1 Å². The first-order valence-corrected chi connectivity index (χ1v) is 10.1. The predicted octanol–water partition coefficient (Wildman–Crippen LogP) is 5.49. The topological polar surface area (TPSA) is 73.9 Å². The quantitative estimate of drug-likeness (QED) is 0.440. The van der Waals surface area contributed by atoms with Crippen molar-refractivity contribution in [3.63, 3.8) is 0 Å². The van der Waals surface area contributed by atoms with E-state index in [-0.39, 0.29) is 18.3 Å². The molecule has 0 heterocycles. The van der Waals surface area contributed by atoms with Crippen LogP contribution < -0.4 is 19.5 Å². The smallest absolute Gasteiger partial charge is 0.262 e. The van der Waals surface area contributed by atoms with Gasteiger partial charge >= 0.3 is 0 Å². The van der Waals surface area contributed by atoms with Crippen molar-refractivity contribution < 1.29 is 23.8 Å². The first-order chi connectivity index (χ1) is 15.1. The van der Waals surface area contributed by atoms with E-state index in [1.54, 1.807) is 48.5 Å². The van der Waals surface area contributed by atoms with Crippen LogP contribution in [0.3, 0.4) is 0 Å². The van der Waals surface area contributed by atoms with Crippen LogP contribution in [0.1, 0.15) is 30.6 Å². The van der Waals surface area contributed by atoms with Gasteiger partial charge in [-0.1, -0.05) is 19.1 Å². The molecule has 6 heteroatoms. The minimum Gasteiger partial charge on any atom is -0.494 e. The molecule has 0 aliphatic rings. The van der Waals surface area contributed by atoms with Crippen LogP contribution in [0.4, 0.5) is 5.69 Å². The number of para-hydroxylation sites is 2. The number of rotatable bonds is 10. The number of Topliss-reactive ketones (excluding diaryl/α,β-unsaturated/α-hetero) is 1. The van der Waals surface area contributed by atoms with Gasteiger partial charge in [0.05, 0.1) is 12.3 Å². The maximum atomic E-state index is 12.4. The van der Waals surface area contributed by atoms with Crippen LogP contribution in [0.15, 0.2) is 72.8 Å². The molecular formula is C25H25NO5. The van der Waals surface area contributed by atoms with Gasteiger partial charge < -0.3 is 19.5 Å². The highest BCUT2D eigenvalue weighted by Crippen LogP contribution is 2.30. The lowest BCUT2D eigenvalue weighted by Gasteiger charge is -2.13. The predicted molar refractivity (Wildman–Crippen MR) is 119 cm³/mol. The Bertz CT molecular complexity index is 1010. The van der Waals surface area contributed by atoms with E-state index in [0.717, 1.165) is 5.75 Å². The SMILES string of the molecule is CCOc1ccc(Oc2ccccc2NC(=O)COc2ccc(C(=O)CC)cc2)cc1. The Morgan fingerprint density at radius 1 is 0.774 bits per heavy atom. The fourth-order valence-corrected chi connectivity index (χ4v) is 2.83. The zero-order valence-electron chi connectivity index (χ0n) is 17.6. The minimum absolute atomic E-state index is 0.0634. The first kappa shape index (κ1) is 21.9. The highest BCUT2D eigenvalue weighted by atomic mass is 16.5. The largest absolute Gasteiger partial charge is 0.494 e. The van der Waals surface area contributed by atoms with E-state index >= 15 is 0 Å². The molecular weight excluding hydrogens is 394 g/mol. The molecule has 0 saturated heterocycles. The van der Waals surface area contributed by atoms with Crippen LogP contribution in [-0.2, 0) is 4.79 Å². The van der Waals surface area contributed by atoms with E-state index in [4.69, 9.17) is 14.2 Å². The summed E-state index contributed by atoms with van der Waals surface area (Å²) in [4.78, 5) is 24.0.